The topological polar surface area (TPSA) is 66.7 Å². The summed E-state index contributed by atoms with van der Waals surface area (Å²) in [6.07, 6.45) is 8.58. The van der Waals surface area contributed by atoms with Crippen LogP contribution in [0.1, 0.15) is 39.5 Å². The molecule has 0 aromatic carbocycles. The average Bonchev–Trinajstić information content (AvgIpc) is 3.14. The number of aromatic nitrogens is 2. The van der Waals surface area contributed by atoms with Crippen LogP contribution in [0, 0.1) is 0 Å². The number of piperidine rings is 1. The summed E-state index contributed by atoms with van der Waals surface area (Å²) in [6, 6.07) is 0.399. The van der Waals surface area contributed by atoms with Crippen LogP contribution in [0.25, 0.3) is 0 Å². The van der Waals surface area contributed by atoms with Gasteiger partial charge in [-0.1, -0.05) is 6.92 Å². The van der Waals surface area contributed by atoms with E-state index in [0.29, 0.717) is 6.04 Å². The SMILES string of the molecule is CCNC(=NCC1(SCC)CCOCC1)NC1CCCN(c2cnn(C)c2)C1. The smallest absolute Gasteiger partial charge is 0.191 e. The molecule has 0 saturated carbocycles. The van der Waals surface area contributed by atoms with Crippen molar-refractivity contribution in [1.82, 2.24) is 20.4 Å². The van der Waals surface area contributed by atoms with Gasteiger partial charge >= 0.3 is 0 Å². The zero-order chi connectivity index (χ0) is 19.8. The van der Waals surface area contributed by atoms with Crippen molar-refractivity contribution in [2.24, 2.45) is 12.0 Å². The lowest BCUT2D eigenvalue weighted by molar-refractivity contribution is 0.0793. The van der Waals surface area contributed by atoms with Gasteiger partial charge in [0.2, 0.25) is 0 Å². The molecule has 158 valence electrons. The molecule has 8 heteroatoms. The highest BCUT2D eigenvalue weighted by Gasteiger charge is 2.32. The van der Waals surface area contributed by atoms with Crippen molar-refractivity contribution in [1.29, 1.82) is 0 Å². The van der Waals surface area contributed by atoms with Crippen LogP contribution in [0.3, 0.4) is 0 Å². The van der Waals surface area contributed by atoms with Gasteiger partial charge in [-0.2, -0.15) is 16.9 Å². The summed E-state index contributed by atoms with van der Waals surface area (Å²) < 4.78 is 7.69. The standard InChI is InChI=1S/C20H36N6OS/c1-4-21-19(22-16-20(28-5-2)8-11-27-12-9-20)24-17-7-6-10-26(14-17)18-13-23-25(3)15-18/h13,15,17H,4-12,14,16H2,1-3H3,(H2,21,22,24). The maximum atomic E-state index is 5.60. The Bertz CT molecular complexity index is 622. The van der Waals surface area contributed by atoms with E-state index in [1.54, 1.807) is 0 Å². The number of nitrogens with zero attached hydrogens (tertiary/aromatic N) is 4. The molecular weight excluding hydrogens is 372 g/mol. The van der Waals surface area contributed by atoms with E-state index in [2.05, 4.69) is 40.7 Å². The number of aryl methyl sites for hydroxylation is 1. The number of anilines is 1. The first-order valence-electron chi connectivity index (χ1n) is 10.6. The lowest BCUT2D eigenvalue weighted by Gasteiger charge is -2.36. The molecule has 3 heterocycles. The van der Waals surface area contributed by atoms with Gasteiger partial charge in [0.15, 0.2) is 5.96 Å². The number of nitrogens with one attached hydrogen (secondary N) is 2. The number of guanidine groups is 1. The number of thioether (sulfide) groups is 1. The van der Waals surface area contributed by atoms with Crippen molar-refractivity contribution >= 4 is 23.4 Å². The van der Waals surface area contributed by atoms with E-state index in [4.69, 9.17) is 9.73 Å². The van der Waals surface area contributed by atoms with Crippen molar-refractivity contribution in [3.05, 3.63) is 12.4 Å². The van der Waals surface area contributed by atoms with Gasteiger partial charge in [-0.05, 0) is 38.4 Å². The molecule has 7 nitrogen and oxygen atoms in total. The van der Waals surface area contributed by atoms with Gasteiger partial charge in [0.05, 0.1) is 18.4 Å². The second kappa shape index (κ2) is 10.4. The van der Waals surface area contributed by atoms with Crippen LogP contribution in [0.2, 0.25) is 0 Å². The Morgan fingerprint density at radius 3 is 2.89 bits per heavy atom. The van der Waals surface area contributed by atoms with Crippen LogP contribution in [0.5, 0.6) is 0 Å². The van der Waals surface area contributed by atoms with Crippen LogP contribution in [0.4, 0.5) is 5.69 Å². The molecule has 2 N–H and O–H groups in total. The van der Waals surface area contributed by atoms with Crippen LogP contribution in [-0.4, -0.2) is 71.7 Å². The monoisotopic (exact) mass is 408 g/mol. The third-order valence-corrected chi connectivity index (χ3v) is 6.98. The second-order valence-electron chi connectivity index (χ2n) is 7.73. The summed E-state index contributed by atoms with van der Waals surface area (Å²) in [4.78, 5) is 7.43. The van der Waals surface area contributed by atoms with E-state index in [1.807, 2.05) is 29.7 Å². The van der Waals surface area contributed by atoms with Crippen molar-refractivity contribution in [2.75, 3.05) is 50.0 Å². The molecule has 1 unspecified atom stereocenters. The zero-order valence-corrected chi connectivity index (χ0v) is 18.4. The lowest BCUT2D eigenvalue weighted by Crippen LogP contribution is -2.51. The quantitative estimate of drug-likeness (QED) is 0.533. The highest BCUT2D eigenvalue weighted by molar-refractivity contribution is 8.00. The number of hydrogen-bond acceptors (Lipinski definition) is 5. The fourth-order valence-electron chi connectivity index (χ4n) is 4.04. The van der Waals surface area contributed by atoms with Crippen molar-refractivity contribution in [3.63, 3.8) is 0 Å². The van der Waals surface area contributed by atoms with E-state index in [1.165, 1.54) is 18.5 Å². The van der Waals surface area contributed by atoms with Gasteiger partial charge in [0.25, 0.3) is 0 Å². The van der Waals surface area contributed by atoms with E-state index >= 15 is 0 Å². The molecule has 1 atom stereocenters. The van der Waals surface area contributed by atoms with Crippen molar-refractivity contribution in [3.8, 4) is 0 Å². The molecular formula is C20H36N6OS. The number of ether oxygens (including phenoxy) is 1. The first-order valence-corrected chi connectivity index (χ1v) is 11.6. The summed E-state index contributed by atoms with van der Waals surface area (Å²) in [5.74, 6) is 2.07. The van der Waals surface area contributed by atoms with E-state index < -0.39 is 0 Å². The van der Waals surface area contributed by atoms with Crippen LogP contribution >= 0.6 is 11.8 Å². The minimum atomic E-state index is 0.226. The molecule has 2 aliphatic heterocycles. The molecule has 0 radical (unpaired) electrons. The van der Waals surface area contributed by atoms with Gasteiger partial charge in [-0.15, -0.1) is 0 Å². The highest BCUT2D eigenvalue weighted by Crippen LogP contribution is 2.35. The van der Waals surface area contributed by atoms with Gasteiger partial charge in [-0.25, -0.2) is 0 Å². The zero-order valence-electron chi connectivity index (χ0n) is 17.6. The average molecular weight is 409 g/mol. The molecule has 28 heavy (non-hydrogen) atoms. The van der Waals surface area contributed by atoms with E-state index in [0.717, 1.165) is 63.9 Å². The van der Waals surface area contributed by atoms with Crippen LogP contribution in [-0.2, 0) is 11.8 Å². The largest absolute Gasteiger partial charge is 0.381 e. The predicted molar refractivity (Wildman–Crippen MR) is 118 cm³/mol. The predicted octanol–water partition coefficient (Wildman–Crippen LogP) is 2.25. The number of hydrogen-bond donors (Lipinski definition) is 2. The van der Waals surface area contributed by atoms with Gasteiger partial charge in [0, 0.05) is 56.9 Å². The van der Waals surface area contributed by atoms with Gasteiger partial charge in [0.1, 0.15) is 0 Å². The second-order valence-corrected chi connectivity index (χ2v) is 9.46. The number of rotatable bonds is 7. The third-order valence-electron chi connectivity index (χ3n) is 5.54. The first-order chi connectivity index (χ1) is 13.6. The Balaban J connectivity index is 1.62. The molecule has 1 aromatic rings. The van der Waals surface area contributed by atoms with Gasteiger partial charge < -0.3 is 20.3 Å². The summed E-state index contributed by atoms with van der Waals surface area (Å²) in [6.45, 7) is 9.89. The summed E-state index contributed by atoms with van der Waals surface area (Å²) >= 11 is 2.05. The van der Waals surface area contributed by atoms with Crippen molar-refractivity contribution < 1.29 is 4.74 Å². The molecule has 3 rings (SSSR count). The summed E-state index contributed by atoms with van der Waals surface area (Å²) in [5.41, 5.74) is 1.21. The van der Waals surface area contributed by atoms with E-state index in [-0.39, 0.29) is 4.75 Å². The number of aliphatic imine (C=N–C) groups is 1. The Morgan fingerprint density at radius 2 is 2.21 bits per heavy atom. The summed E-state index contributed by atoms with van der Waals surface area (Å²) in [7, 11) is 1.97. The molecule has 0 bridgehead atoms. The fourth-order valence-corrected chi connectivity index (χ4v) is 5.26. The molecule has 2 saturated heterocycles. The Labute approximate surface area is 173 Å². The van der Waals surface area contributed by atoms with Crippen LogP contribution < -0.4 is 15.5 Å². The third kappa shape index (κ3) is 5.80. The Morgan fingerprint density at radius 1 is 1.39 bits per heavy atom. The fraction of sp³-hybridized carbons (Fsp3) is 0.800. The summed E-state index contributed by atoms with van der Waals surface area (Å²) in [5, 5.41) is 11.5. The van der Waals surface area contributed by atoms with Crippen LogP contribution in [0.15, 0.2) is 17.4 Å². The first kappa shape index (κ1) is 21.3. The lowest BCUT2D eigenvalue weighted by atomic mass is 9.99. The minimum absolute atomic E-state index is 0.226. The maximum Gasteiger partial charge on any atom is 0.191 e. The molecule has 0 amide bonds. The highest BCUT2D eigenvalue weighted by atomic mass is 32.2. The molecule has 2 aliphatic rings. The molecule has 0 spiro atoms. The molecule has 0 aliphatic carbocycles. The van der Waals surface area contributed by atoms with Crippen molar-refractivity contribution in [2.45, 2.75) is 50.3 Å². The maximum absolute atomic E-state index is 5.60. The minimum Gasteiger partial charge on any atom is -0.381 e. The molecule has 2 fully saturated rings. The Hall–Kier alpha value is -1.41. The normalized spacial score (nSPS) is 22.9. The Kier molecular flexibility index (Phi) is 7.91. The van der Waals surface area contributed by atoms with Gasteiger partial charge in [-0.3, -0.25) is 9.67 Å². The van der Waals surface area contributed by atoms with E-state index in [9.17, 15) is 0 Å². The molecule has 1 aromatic heterocycles.